The van der Waals surface area contributed by atoms with Gasteiger partial charge in [-0.1, -0.05) is 24.1 Å². The van der Waals surface area contributed by atoms with Gasteiger partial charge in [0.2, 0.25) is 0 Å². The first kappa shape index (κ1) is 14.2. The summed E-state index contributed by atoms with van der Waals surface area (Å²) < 4.78 is 13.0. The molecule has 1 N–H and O–H groups in total. The van der Waals surface area contributed by atoms with Crippen LogP contribution < -0.4 is 5.32 Å². The average Bonchev–Trinajstić information content (AvgIpc) is 2.37. The molecular weight excluding hydrogens is 269 g/mol. The molecule has 100 valence electrons. The summed E-state index contributed by atoms with van der Waals surface area (Å²) in [5.74, 6) is 0.997. The number of thioether (sulfide) groups is 1. The van der Waals surface area contributed by atoms with Crippen LogP contribution in [0.1, 0.15) is 37.8 Å². The van der Waals surface area contributed by atoms with E-state index in [2.05, 4.69) is 24.0 Å². The van der Waals surface area contributed by atoms with Crippen molar-refractivity contribution >= 4 is 23.4 Å². The number of halogens is 2. The minimum absolute atomic E-state index is 0.167. The molecule has 1 nitrogen and oxygen atoms in total. The molecule has 0 saturated carbocycles. The molecule has 4 heteroatoms. The molecule has 1 saturated heterocycles. The van der Waals surface area contributed by atoms with E-state index in [1.54, 1.807) is 6.07 Å². The van der Waals surface area contributed by atoms with Crippen molar-refractivity contribution < 1.29 is 4.39 Å². The van der Waals surface area contributed by atoms with Gasteiger partial charge in [0.15, 0.2) is 0 Å². The largest absolute Gasteiger partial charge is 0.309 e. The topological polar surface area (TPSA) is 12.0 Å². The van der Waals surface area contributed by atoms with E-state index < -0.39 is 0 Å². The van der Waals surface area contributed by atoms with Crippen molar-refractivity contribution in [3.8, 4) is 0 Å². The molecular formula is C14H19ClFNS. The summed E-state index contributed by atoms with van der Waals surface area (Å²) in [5, 5.41) is 4.72. The molecule has 0 aliphatic carbocycles. The fraction of sp³-hybridized carbons (Fsp3) is 0.571. The minimum Gasteiger partial charge on any atom is -0.309 e. The third-order valence-corrected chi connectivity index (χ3v) is 5.08. The summed E-state index contributed by atoms with van der Waals surface area (Å²) in [7, 11) is 0. The first-order chi connectivity index (χ1) is 8.66. The van der Waals surface area contributed by atoms with Gasteiger partial charge in [0.05, 0.1) is 0 Å². The van der Waals surface area contributed by atoms with Crippen LogP contribution in [0.15, 0.2) is 18.2 Å². The van der Waals surface area contributed by atoms with Gasteiger partial charge in [0.1, 0.15) is 5.82 Å². The monoisotopic (exact) mass is 287 g/mol. The Morgan fingerprint density at radius 3 is 3.00 bits per heavy atom. The number of rotatable bonds is 4. The lowest BCUT2D eigenvalue weighted by Gasteiger charge is -2.24. The second kappa shape index (κ2) is 6.78. The number of hydrogen-bond donors (Lipinski definition) is 1. The van der Waals surface area contributed by atoms with E-state index in [1.807, 2.05) is 0 Å². The van der Waals surface area contributed by atoms with Gasteiger partial charge in [-0.05, 0) is 43.2 Å². The molecule has 1 fully saturated rings. The van der Waals surface area contributed by atoms with Gasteiger partial charge in [0.25, 0.3) is 0 Å². The first-order valence-corrected chi connectivity index (χ1v) is 7.89. The van der Waals surface area contributed by atoms with Crippen LogP contribution in [0.3, 0.4) is 0 Å². The summed E-state index contributed by atoms with van der Waals surface area (Å²) in [4.78, 5) is 0. The minimum atomic E-state index is -0.279. The maximum atomic E-state index is 13.0. The lowest BCUT2D eigenvalue weighted by molar-refractivity contribution is 0.537. The lowest BCUT2D eigenvalue weighted by atomic mass is 10.1. The highest BCUT2D eigenvalue weighted by molar-refractivity contribution is 7.99. The molecule has 1 heterocycles. The van der Waals surface area contributed by atoms with Gasteiger partial charge >= 0.3 is 0 Å². The predicted molar refractivity (Wildman–Crippen MR) is 77.9 cm³/mol. The van der Waals surface area contributed by atoms with E-state index in [0.717, 1.165) is 12.1 Å². The van der Waals surface area contributed by atoms with Crippen LogP contribution in [0.5, 0.6) is 0 Å². The SMILES string of the molecule is CC(NCC1CCCCS1)c1ccc(F)cc1Cl. The third-order valence-electron chi connectivity index (χ3n) is 3.35. The van der Waals surface area contributed by atoms with Crippen molar-refractivity contribution in [3.05, 3.63) is 34.6 Å². The Morgan fingerprint density at radius 1 is 1.50 bits per heavy atom. The molecule has 0 aromatic heterocycles. The zero-order chi connectivity index (χ0) is 13.0. The van der Waals surface area contributed by atoms with E-state index in [9.17, 15) is 4.39 Å². The number of nitrogens with one attached hydrogen (secondary N) is 1. The number of hydrogen-bond acceptors (Lipinski definition) is 2. The fourth-order valence-electron chi connectivity index (χ4n) is 2.24. The fourth-order valence-corrected chi connectivity index (χ4v) is 3.82. The van der Waals surface area contributed by atoms with Gasteiger partial charge in [-0.3, -0.25) is 0 Å². The van der Waals surface area contributed by atoms with Crippen molar-refractivity contribution in [2.24, 2.45) is 0 Å². The Morgan fingerprint density at radius 2 is 2.33 bits per heavy atom. The molecule has 0 spiro atoms. The summed E-state index contributed by atoms with van der Waals surface area (Å²) in [6.45, 7) is 3.08. The maximum Gasteiger partial charge on any atom is 0.124 e. The Hall–Kier alpha value is -0.250. The van der Waals surface area contributed by atoms with E-state index in [0.29, 0.717) is 10.3 Å². The van der Waals surface area contributed by atoms with Gasteiger partial charge < -0.3 is 5.32 Å². The molecule has 1 aliphatic heterocycles. The van der Waals surface area contributed by atoms with Gasteiger partial charge in [-0.25, -0.2) is 4.39 Å². The smallest absolute Gasteiger partial charge is 0.124 e. The zero-order valence-corrected chi connectivity index (χ0v) is 12.2. The standard InChI is InChI=1S/C14H19ClFNS/c1-10(13-6-5-11(16)8-14(13)15)17-9-12-4-2-3-7-18-12/h5-6,8,10,12,17H,2-4,7,9H2,1H3. The summed E-state index contributed by atoms with van der Waals surface area (Å²) in [5.41, 5.74) is 0.971. The highest BCUT2D eigenvalue weighted by atomic mass is 35.5. The van der Waals surface area contributed by atoms with Gasteiger partial charge in [0, 0.05) is 22.9 Å². The maximum absolute atomic E-state index is 13.0. The zero-order valence-electron chi connectivity index (χ0n) is 10.6. The van der Waals surface area contributed by atoms with E-state index >= 15 is 0 Å². The Kier molecular flexibility index (Phi) is 5.34. The Bertz CT molecular complexity index is 393. The van der Waals surface area contributed by atoms with Crippen molar-refractivity contribution in [2.45, 2.75) is 37.5 Å². The first-order valence-electron chi connectivity index (χ1n) is 6.47. The van der Waals surface area contributed by atoms with Crippen LogP contribution in [-0.4, -0.2) is 17.5 Å². The second-order valence-electron chi connectivity index (χ2n) is 4.78. The molecule has 2 rings (SSSR count). The van der Waals surface area contributed by atoms with Gasteiger partial charge in [-0.2, -0.15) is 11.8 Å². The van der Waals surface area contributed by atoms with Gasteiger partial charge in [-0.15, -0.1) is 0 Å². The highest BCUT2D eigenvalue weighted by Crippen LogP contribution is 2.27. The molecule has 1 aromatic rings. The van der Waals surface area contributed by atoms with E-state index in [4.69, 9.17) is 11.6 Å². The van der Waals surface area contributed by atoms with Crippen LogP contribution in [0, 0.1) is 5.82 Å². The van der Waals surface area contributed by atoms with Crippen LogP contribution in [0.2, 0.25) is 5.02 Å². The molecule has 1 aromatic carbocycles. The summed E-state index contributed by atoms with van der Waals surface area (Å²) in [6.07, 6.45) is 3.98. The molecule has 0 bridgehead atoms. The molecule has 2 atom stereocenters. The quantitative estimate of drug-likeness (QED) is 0.880. The summed E-state index contributed by atoms with van der Waals surface area (Å²) >= 11 is 8.11. The van der Waals surface area contributed by atoms with Crippen molar-refractivity contribution in [1.82, 2.24) is 5.32 Å². The van der Waals surface area contributed by atoms with Crippen LogP contribution in [-0.2, 0) is 0 Å². The van der Waals surface area contributed by atoms with Crippen LogP contribution in [0.25, 0.3) is 0 Å². The third kappa shape index (κ3) is 3.87. The molecule has 0 radical (unpaired) electrons. The highest BCUT2D eigenvalue weighted by Gasteiger charge is 2.16. The molecule has 0 amide bonds. The van der Waals surface area contributed by atoms with Crippen molar-refractivity contribution in [2.75, 3.05) is 12.3 Å². The van der Waals surface area contributed by atoms with Crippen LogP contribution >= 0.6 is 23.4 Å². The predicted octanol–water partition coefficient (Wildman–Crippen LogP) is 4.42. The lowest BCUT2D eigenvalue weighted by Crippen LogP contribution is -2.29. The van der Waals surface area contributed by atoms with Crippen LogP contribution in [0.4, 0.5) is 4.39 Å². The summed E-state index contributed by atoms with van der Waals surface area (Å²) in [6, 6.07) is 4.78. The molecule has 1 aliphatic rings. The van der Waals surface area contributed by atoms with E-state index in [1.165, 1.54) is 37.1 Å². The average molecular weight is 288 g/mol. The Balaban J connectivity index is 1.88. The Labute approximate surface area is 117 Å². The van der Waals surface area contributed by atoms with Crippen molar-refractivity contribution in [1.29, 1.82) is 0 Å². The number of benzene rings is 1. The molecule has 18 heavy (non-hydrogen) atoms. The van der Waals surface area contributed by atoms with E-state index in [-0.39, 0.29) is 11.9 Å². The normalized spacial score (nSPS) is 21.8. The second-order valence-corrected chi connectivity index (χ2v) is 6.60. The van der Waals surface area contributed by atoms with Crippen molar-refractivity contribution in [3.63, 3.8) is 0 Å². The molecule has 2 unspecified atom stereocenters.